The number of amides is 3. The van der Waals surface area contributed by atoms with Crippen molar-refractivity contribution in [2.75, 3.05) is 11.4 Å². The Hall–Kier alpha value is -3.94. The summed E-state index contributed by atoms with van der Waals surface area (Å²) in [5.74, 6) is -1.96. The third-order valence-corrected chi connectivity index (χ3v) is 6.07. The van der Waals surface area contributed by atoms with Crippen molar-refractivity contribution in [2.24, 2.45) is 0 Å². The van der Waals surface area contributed by atoms with E-state index >= 15 is 0 Å². The molecule has 1 aromatic heterocycles. The lowest BCUT2D eigenvalue weighted by atomic mass is 9.94. The van der Waals surface area contributed by atoms with Crippen molar-refractivity contribution >= 4 is 23.4 Å². The molecule has 1 heterocycles. The van der Waals surface area contributed by atoms with Crippen LogP contribution < -0.4 is 15.5 Å². The molecule has 1 aliphatic rings. The summed E-state index contributed by atoms with van der Waals surface area (Å²) in [5.41, 5.74) is 0.797. The third-order valence-electron chi connectivity index (χ3n) is 6.07. The van der Waals surface area contributed by atoms with Crippen molar-refractivity contribution in [3.8, 4) is 0 Å². The van der Waals surface area contributed by atoms with Crippen molar-refractivity contribution in [1.29, 1.82) is 0 Å². The van der Waals surface area contributed by atoms with E-state index in [0.717, 1.165) is 32.1 Å². The van der Waals surface area contributed by atoms with Crippen LogP contribution >= 0.6 is 0 Å². The Kier molecular flexibility index (Phi) is 7.92. The number of carbonyl (C=O) groups excluding carboxylic acids is 3. The molecule has 0 bridgehead atoms. The molecule has 2 N–H and O–H groups in total. The molecule has 35 heavy (non-hydrogen) atoms. The quantitative estimate of drug-likeness (QED) is 0.504. The largest absolute Gasteiger partial charge is 0.459 e. The average Bonchev–Trinajstić information content (AvgIpc) is 3.42. The standard InChI is InChI=1S/C27H28FN3O4/c28-20-11-7-14-22(17-20)31(24(32)18-29-26(33)23-15-8-16-35-23)25(19-9-3-1-4-10-19)27(34)30-21-12-5-2-6-13-21/h1,3-4,7-11,14-17,21,25H,2,5-6,12-13,18H2,(H,29,33)(H,30,34)/t25-/m1/s1. The minimum Gasteiger partial charge on any atom is -0.459 e. The van der Waals surface area contributed by atoms with E-state index in [1.54, 1.807) is 36.4 Å². The SMILES string of the molecule is O=C(NCC(=O)N(c1cccc(F)c1)[C@@H](C(=O)NC1CCCCC1)c1ccccc1)c1ccco1. The van der Waals surface area contributed by atoms with Gasteiger partial charge in [0.05, 0.1) is 12.8 Å². The highest BCUT2D eigenvalue weighted by atomic mass is 19.1. The lowest BCUT2D eigenvalue weighted by Gasteiger charge is -2.33. The molecule has 0 radical (unpaired) electrons. The topological polar surface area (TPSA) is 91.7 Å². The maximum Gasteiger partial charge on any atom is 0.287 e. The summed E-state index contributed by atoms with van der Waals surface area (Å²) in [4.78, 5) is 40.8. The van der Waals surface area contributed by atoms with Gasteiger partial charge >= 0.3 is 0 Å². The molecule has 0 aliphatic heterocycles. The Morgan fingerprint density at radius 1 is 0.971 bits per heavy atom. The first-order chi connectivity index (χ1) is 17.0. The molecule has 3 aromatic rings. The fourth-order valence-electron chi connectivity index (χ4n) is 4.38. The molecule has 1 atom stereocenters. The Bertz CT molecular complexity index is 1140. The van der Waals surface area contributed by atoms with E-state index < -0.39 is 30.2 Å². The van der Waals surface area contributed by atoms with Crippen molar-refractivity contribution in [3.63, 3.8) is 0 Å². The highest BCUT2D eigenvalue weighted by Gasteiger charge is 2.34. The van der Waals surface area contributed by atoms with Crippen molar-refractivity contribution in [1.82, 2.24) is 10.6 Å². The van der Waals surface area contributed by atoms with E-state index in [1.165, 1.54) is 35.4 Å². The highest BCUT2D eigenvalue weighted by molar-refractivity contribution is 6.04. The summed E-state index contributed by atoms with van der Waals surface area (Å²) in [6, 6.07) is 16.4. The molecule has 1 saturated carbocycles. The molecule has 0 unspecified atom stereocenters. The first kappa shape index (κ1) is 24.2. The number of nitrogens with one attached hydrogen (secondary N) is 2. The monoisotopic (exact) mass is 477 g/mol. The van der Waals surface area contributed by atoms with E-state index in [0.29, 0.717) is 5.56 Å². The Morgan fingerprint density at radius 3 is 2.43 bits per heavy atom. The second-order valence-electron chi connectivity index (χ2n) is 8.56. The van der Waals surface area contributed by atoms with Gasteiger partial charge < -0.3 is 15.1 Å². The number of anilines is 1. The lowest BCUT2D eigenvalue weighted by molar-refractivity contribution is -0.127. The van der Waals surface area contributed by atoms with E-state index in [-0.39, 0.29) is 23.4 Å². The van der Waals surface area contributed by atoms with Gasteiger partial charge in [0, 0.05) is 11.7 Å². The predicted molar refractivity (Wildman–Crippen MR) is 129 cm³/mol. The average molecular weight is 478 g/mol. The molecule has 8 heteroatoms. The van der Waals surface area contributed by atoms with E-state index in [9.17, 15) is 18.8 Å². The molecule has 2 aromatic carbocycles. The molecule has 0 saturated heterocycles. The zero-order valence-electron chi connectivity index (χ0n) is 19.3. The van der Waals surface area contributed by atoms with Gasteiger partial charge in [-0.1, -0.05) is 55.7 Å². The van der Waals surface area contributed by atoms with Crippen molar-refractivity contribution in [3.05, 3.63) is 90.1 Å². The van der Waals surface area contributed by atoms with Gasteiger partial charge in [0.15, 0.2) is 5.76 Å². The number of halogens is 1. The molecular weight excluding hydrogens is 449 g/mol. The van der Waals surface area contributed by atoms with Crippen LogP contribution in [-0.4, -0.2) is 30.3 Å². The summed E-state index contributed by atoms with van der Waals surface area (Å²) in [6.45, 7) is -0.407. The fourth-order valence-corrected chi connectivity index (χ4v) is 4.38. The Balaban J connectivity index is 1.66. The first-order valence-electron chi connectivity index (χ1n) is 11.8. The molecule has 1 fully saturated rings. The van der Waals surface area contributed by atoms with Crippen LogP contribution in [0, 0.1) is 5.82 Å². The molecule has 4 rings (SSSR count). The minimum absolute atomic E-state index is 0.0191. The van der Waals surface area contributed by atoms with Crippen LogP contribution in [0.15, 0.2) is 77.4 Å². The fraction of sp³-hybridized carbons (Fsp3) is 0.296. The number of nitrogens with zero attached hydrogens (tertiary/aromatic N) is 1. The van der Waals surface area contributed by atoms with E-state index in [1.807, 2.05) is 6.07 Å². The number of furan rings is 1. The maximum atomic E-state index is 14.2. The first-order valence-corrected chi connectivity index (χ1v) is 11.8. The second-order valence-corrected chi connectivity index (χ2v) is 8.56. The van der Waals surface area contributed by atoms with Gasteiger partial charge in [0.2, 0.25) is 11.8 Å². The summed E-state index contributed by atoms with van der Waals surface area (Å²) in [5, 5.41) is 5.62. The highest BCUT2D eigenvalue weighted by Crippen LogP contribution is 2.29. The predicted octanol–water partition coefficient (Wildman–Crippen LogP) is 4.37. The van der Waals surface area contributed by atoms with E-state index in [2.05, 4.69) is 10.6 Å². The Morgan fingerprint density at radius 2 is 1.74 bits per heavy atom. The minimum atomic E-state index is -1.05. The second kappa shape index (κ2) is 11.5. The van der Waals surface area contributed by atoms with Crippen LogP contribution in [0.1, 0.15) is 54.3 Å². The molecule has 1 aliphatic carbocycles. The number of hydrogen-bond acceptors (Lipinski definition) is 4. The smallest absolute Gasteiger partial charge is 0.287 e. The Labute approximate surface area is 203 Å². The van der Waals surface area contributed by atoms with Gasteiger partial charge in [-0.25, -0.2) is 4.39 Å². The van der Waals surface area contributed by atoms with Gasteiger partial charge in [-0.2, -0.15) is 0 Å². The molecular formula is C27H28FN3O4. The molecule has 0 spiro atoms. The summed E-state index contributed by atoms with van der Waals surface area (Å²) < 4.78 is 19.3. The van der Waals surface area contributed by atoms with Gasteiger partial charge in [-0.15, -0.1) is 0 Å². The van der Waals surface area contributed by atoms with Gasteiger partial charge in [-0.3, -0.25) is 19.3 Å². The van der Waals surface area contributed by atoms with Gasteiger partial charge in [0.25, 0.3) is 5.91 Å². The van der Waals surface area contributed by atoms with Crippen LogP contribution in [0.25, 0.3) is 0 Å². The number of carbonyl (C=O) groups is 3. The normalized spacial score (nSPS) is 14.7. The zero-order chi connectivity index (χ0) is 24.6. The molecule has 182 valence electrons. The van der Waals surface area contributed by atoms with Gasteiger partial charge in [-0.05, 0) is 48.7 Å². The van der Waals surface area contributed by atoms with Crippen LogP contribution in [-0.2, 0) is 9.59 Å². The summed E-state index contributed by atoms with van der Waals surface area (Å²) in [7, 11) is 0. The summed E-state index contributed by atoms with van der Waals surface area (Å²) in [6.07, 6.45) is 6.31. The van der Waals surface area contributed by atoms with Crippen molar-refractivity contribution < 1.29 is 23.2 Å². The van der Waals surface area contributed by atoms with Crippen LogP contribution in [0.3, 0.4) is 0 Å². The van der Waals surface area contributed by atoms with Crippen LogP contribution in [0.5, 0.6) is 0 Å². The van der Waals surface area contributed by atoms with Gasteiger partial charge in [0.1, 0.15) is 11.9 Å². The molecule has 3 amide bonds. The third kappa shape index (κ3) is 6.15. The van der Waals surface area contributed by atoms with Crippen LogP contribution in [0.4, 0.5) is 10.1 Å². The maximum absolute atomic E-state index is 14.2. The van der Waals surface area contributed by atoms with E-state index in [4.69, 9.17) is 4.42 Å². The van der Waals surface area contributed by atoms with Crippen LogP contribution in [0.2, 0.25) is 0 Å². The lowest BCUT2D eigenvalue weighted by Crippen LogP contribution is -2.49. The number of hydrogen-bond donors (Lipinski definition) is 2. The molecule has 7 nitrogen and oxygen atoms in total. The number of rotatable bonds is 8. The summed E-state index contributed by atoms with van der Waals surface area (Å²) >= 11 is 0. The zero-order valence-corrected chi connectivity index (χ0v) is 19.3. The number of benzene rings is 2. The van der Waals surface area contributed by atoms with Crippen molar-refractivity contribution in [2.45, 2.75) is 44.2 Å².